The van der Waals surface area contributed by atoms with Gasteiger partial charge in [0, 0.05) is 13.6 Å². The van der Waals surface area contributed by atoms with Crippen molar-refractivity contribution in [3.05, 3.63) is 11.4 Å². The lowest BCUT2D eigenvalue weighted by molar-refractivity contribution is 0.0683. The molecule has 1 aromatic rings. The molecule has 0 spiro atoms. The van der Waals surface area contributed by atoms with Gasteiger partial charge in [-0.05, 0) is 0 Å². The summed E-state index contributed by atoms with van der Waals surface area (Å²) in [5.74, 6) is -1.06. The van der Waals surface area contributed by atoms with Gasteiger partial charge in [-0.15, -0.1) is 5.10 Å². The van der Waals surface area contributed by atoms with Crippen LogP contribution in [0.5, 0.6) is 0 Å². The maximum Gasteiger partial charge on any atom is 0.356 e. The molecular formula is C5H8N4O2. The molecule has 0 aliphatic heterocycles. The molecule has 1 aromatic heterocycles. The summed E-state index contributed by atoms with van der Waals surface area (Å²) in [6.45, 7) is 0.0927. The van der Waals surface area contributed by atoms with E-state index < -0.39 is 5.97 Å². The highest BCUT2D eigenvalue weighted by Gasteiger charge is 2.15. The van der Waals surface area contributed by atoms with E-state index in [1.807, 2.05) is 0 Å². The quantitative estimate of drug-likeness (QED) is 0.571. The minimum Gasteiger partial charge on any atom is -0.476 e. The molecule has 60 valence electrons. The van der Waals surface area contributed by atoms with Crippen LogP contribution in [0.3, 0.4) is 0 Å². The number of aromatic carboxylic acids is 1. The van der Waals surface area contributed by atoms with Gasteiger partial charge in [-0.25, -0.2) is 9.48 Å². The van der Waals surface area contributed by atoms with E-state index in [9.17, 15) is 4.79 Å². The summed E-state index contributed by atoms with van der Waals surface area (Å²) >= 11 is 0. The fraction of sp³-hybridized carbons (Fsp3) is 0.400. The number of hydrogen-bond donors (Lipinski definition) is 2. The van der Waals surface area contributed by atoms with Crippen LogP contribution in [0, 0.1) is 0 Å². The summed E-state index contributed by atoms with van der Waals surface area (Å²) in [5.41, 5.74) is 5.58. The van der Waals surface area contributed by atoms with Crippen molar-refractivity contribution >= 4 is 5.97 Å². The SMILES string of the molecule is Cn1nnc(CN)c1C(=O)O. The summed E-state index contributed by atoms with van der Waals surface area (Å²) in [6.07, 6.45) is 0. The molecule has 1 rings (SSSR count). The fourth-order valence-corrected chi connectivity index (χ4v) is 0.799. The number of aromatic nitrogens is 3. The van der Waals surface area contributed by atoms with Crippen molar-refractivity contribution < 1.29 is 9.90 Å². The highest BCUT2D eigenvalue weighted by Crippen LogP contribution is 2.01. The molecule has 0 aliphatic rings. The number of hydrogen-bond acceptors (Lipinski definition) is 4. The van der Waals surface area contributed by atoms with Gasteiger partial charge in [-0.2, -0.15) is 0 Å². The smallest absolute Gasteiger partial charge is 0.356 e. The second-order valence-electron chi connectivity index (χ2n) is 2.02. The van der Waals surface area contributed by atoms with Gasteiger partial charge in [-0.3, -0.25) is 0 Å². The van der Waals surface area contributed by atoms with E-state index in [0.29, 0.717) is 5.69 Å². The second-order valence-corrected chi connectivity index (χ2v) is 2.02. The number of aryl methyl sites for hydroxylation is 1. The summed E-state index contributed by atoms with van der Waals surface area (Å²) < 4.78 is 1.19. The average molecular weight is 156 g/mol. The first-order valence-electron chi connectivity index (χ1n) is 2.98. The molecule has 6 nitrogen and oxygen atoms in total. The van der Waals surface area contributed by atoms with Crippen molar-refractivity contribution in [2.24, 2.45) is 12.8 Å². The Morgan fingerprint density at radius 3 is 2.82 bits per heavy atom. The van der Waals surface area contributed by atoms with Crippen LogP contribution >= 0.6 is 0 Å². The van der Waals surface area contributed by atoms with E-state index in [2.05, 4.69) is 10.3 Å². The van der Waals surface area contributed by atoms with E-state index in [4.69, 9.17) is 10.8 Å². The van der Waals surface area contributed by atoms with Crippen molar-refractivity contribution in [2.75, 3.05) is 0 Å². The molecule has 0 fully saturated rings. The molecule has 0 bridgehead atoms. The third-order valence-electron chi connectivity index (χ3n) is 1.29. The van der Waals surface area contributed by atoms with Gasteiger partial charge in [0.1, 0.15) is 5.69 Å². The number of carboxylic acid groups (broad SMARTS) is 1. The first kappa shape index (κ1) is 7.67. The first-order chi connectivity index (χ1) is 5.16. The molecule has 11 heavy (non-hydrogen) atoms. The van der Waals surface area contributed by atoms with E-state index in [0.717, 1.165) is 0 Å². The molecule has 6 heteroatoms. The van der Waals surface area contributed by atoms with Crippen molar-refractivity contribution in [2.45, 2.75) is 6.54 Å². The van der Waals surface area contributed by atoms with Crippen LogP contribution in [-0.2, 0) is 13.6 Å². The number of nitrogens with zero attached hydrogens (tertiary/aromatic N) is 3. The van der Waals surface area contributed by atoms with Gasteiger partial charge in [0.25, 0.3) is 0 Å². The lowest BCUT2D eigenvalue weighted by atomic mass is 10.3. The normalized spacial score (nSPS) is 10.0. The van der Waals surface area contributed by atoms with Crippen LogP contribution < -0.4 is 5.73 Å². The Hall–Kier alpha value is -1.43. The molecule has 0 amide bonds. The molecule has 0 aliphatic carbocycles. The third kappa shape index (κ3) is 1.20. The summed E-state index contributed by atoms with van der Waals surface area (Å²) in [6, 6.07) is 0. The monoisotopic (exact) mass is 156 g/mol. The van der Waals surface area contributed by atoms with E-state index in [1.54, 1.807) is 0 Å². The largest absolute Gasteiger partial charge is 0.476 e. The van der Waals surface area contributed by atoms with E-state index in [-0.39, 0.29) is 12.2 Å². The Bertz CT molecular complexity index is 280. The Balaban J connectivity index is 3.17. The molecule has 0 radical (unpaired) electrons. The van der Waals surface area contributed by atoms with Crippen LogP contribution in [-0.4, -0.2) is 26.1 Å². The van der Waals surface area contributed by atoms with Crippen molar-refractivity contribution in [3.8, 4) is 0 Å². The molecule has 0 unspecified atom stereocenters. The summed E-state index contributed by atoms with van der Waals surface area (Å²) in [5, 5.41) is 15.7. The minimum atomic E-state index is -1.06. The molecular weight excluding hydrogens is 148 g/mol. The Morgan fingerprint density at radius 2 is 2.45 bits per heavy atom. The van der Waals surface area contributed by atoms with E-state index >= 15 is 0 Å². The molecule has 3 N–H and O–H groups in total. The number of carbonyl (C=O) groups is 1. The zero-order chi connectivity index (χ0) is 8.43. The van der Waals surface area contributed by atoms with Crippen LogP contribution in [0.15, 0.2) is 0 Å². The highest BCUT2D eigenvalue weighted by atomic mass is 16.4. The average Bonchev–Trinajstić information content (AvgIpc) is 2.30. The number of rotatable bonds is 2. The Labute approximate surface area is 62.6 Å². The number of carboxylic acids is 1. The lowest BCUT2D eigenvalue weighted by Gasteiger charge is -1.93. The third-order valence-corrected chi connectivity index (χ3v) is 1.29. The predicted molar refractivity (Wildman–Crippen MR) is 35.9 cm³/mol. The lowest BCUT2D eigenvalue weighted by Crippen LogP contribution is -2.10. The highest BCUT2D eigenvalue weighted by molar-refractivity contribution is 5.86. The molecule has 0 aromatic carbocycles. The van der Waals surface area contributed by atoms with Crippen LogP contribution in [0.4, 0.5) is 0 Å². The van der Waals surface area contributed by atoms with Gasteiger partial charge in [0.05, 0.1) is 0 Å². The van der Waals surface area contributed by atoms with Crippen LogP contribution in [0.25, 0.3) is 0 Å². The molecule has 0 atom stereocenters. The first-order valence-corrected chi connectivity index (χ1v) is 2.98. The fourth-order valence-electron chi connectivity index (χ4n) is 0.799. The predicted octanol–water partition coefficient (Wildman–Crippen LogP) is -1.03. The Kier molecular flexibility index (Phi) is 1.86. The molecule has 0 saturated heterocycles. The summed E-state index contributed by atoms with van der Waals surface area (Å²) in [7, 11) is 1.51. The minimum absolute atomic E-state index is 0.0486. The topological polar surface area (TPSA) is 94.0 Å². The van der Waals surface area contributed by atoms with Gasteiger partial charge in [0.2, 0.25) is 0 Å². The van der Waals surface area contributed by atoms with Gasteiger partial charge in [0.15, 0.2) is 5.69 Å². The van der Waals surface area contributed by atoms with Crippen LogP contribution in [0.1, 0.15) is 16.2 Å². The zero-order valence-corrected chi connectivity index (χ0v) is 5.98. The van der Waals surface area contributed by atoms with Crippen molar-refractivity contribution in [1.82, 2.24) is 15.0 Å². The molecule has 0 saturated carbocycles. The van der Waals surface area contributed by atoms with Crippen LogP contribution in [0.2, 0.25) is 0 Å². The van der Waals surface area contributed by atoms with Gasteiger partial charge >= 0.3 is 5.97 Å². The maximum atomic E-state index is 10.5. The summed E-state index contributed by atoms with van der Waals surface area (Å²) in [4.78, 5) is 10.5. The van der Waals surface area contributed by atoms with E-state index in [1.165, 1.54) is 11.7 Å². The molecule has 1 heterocycles. The van der Waals surface area contributed by atoms with Crippen molar-refractivity contribution in [1.29, 1.82) is 0 Å². The standard InChI is InChI=1S/C5H8N4O2/c1-9-4(5(10)11)3(2-6)7-8-9/h2,6H2,1H3,(H,10,11). The van der Waals surface area contributed by atoms with Gasteiger partial charge < -0.3 is 10.8 Å². The van der Waals surface area contributed by atoms with Gasteiger partial charge in [-0.1, -0.05) is 5.21 Å². The second kappa shape index (κ2) is 2.67. The number of nitrogens with two attached hydrogens (primary N) is 1. The van der Waals surface area contributed by atoms with Crippen molar-refractivity contribution in [3.63, 3.8) is 0 Å². The maximum absolute atomic E-state index is 10.5. The zero-order valence-electron chi connectivity index (χ0n) is 5.98. The Morgan fingerprint density at radius 1 is 1.82 bits per heavy atom.